The van der Waals surface area contributed by atoms with E-state index in [2.05, 4.69) is 10.2 Å². The Balaban J connectivity index is 2.80. The molecule has 1 aromatic rings. The van der Waals surface area contributed by atoms with Gasteiger partial charge in [-0.2, -0.15) is 0 Å². The van der Waals surface area contributed by atoms with Crippen molar-refractivity contribution in [2.75, 3.05) is 11.9 Å². The number of amides is 1. The highest BCUT2D eigenvalue weighted by Gasteiger charge is 2.12. The van der Waals surface area contributed by atoms with Crippen LogP contribution in [0, 0.1) is 18.4 Å². The highest BCUT2D eigenvalue weighted by atomic mass is 16.5. The van der Waals surface area contributed by atoms with Crippen LogP contribution < -0.4 is 5.32 Å². The van der Waals surface area contributed by atoms with Gasteiger partial charge in [-0.25, -0.2) is 4.85 Å². The lowest BCUT2D eigenvalue weighted by Gasteiger charge is -2.08. The molecular formula is C18H22N2O3. The first-order valence-corrected chi connectivity index (χ1v) is 7.50. The maximum Gasteiger partial charge on any atom is 0.336 e. The summed E-state index contributed by atoms with van der Waals surface area (Å²) in [6, 6.07) is 6.92. The molecule has 1 rings (SSSR count). The Morgan fingerprint density at radius 1 is 1.22 bits per heavy atom. The molecule has 0 radical (unpaired) electrons. The van der Waals surface area contributed by atoms with Crippen molar-refractivity contribution >= 4 is 23.6 Å². The number of nitrogens with one attached hydrogen (secondary N) is 1. The summed E-state index contributed by atoms with van der Waals surface area (Å²) in [5.74, 6) is -0.563. The van der Waals surface area contributed by atoms with Crippen LogP contribution in [-0.2, 0) is 14.3 Å². The molecule has 1 aromatic carbocycles. The number of hydrogen-bond donors (Lipinski definition) is 1. The minimum atomic E-state index is -0.620. The molecule has 0 spiro atoms. The maximum atomic E-state index is 11.8. The van der Waals surface area contributed by atoms with E-state index < -0.39 is 5.97 Å². The minimum absolute atomic E-state index is 0.0626. The predicted molar refractivity (Wildman–Crippen MR) is 90.3 cm³/mol. The Morgan fingerprint density at radius 2 is 1.83 bits per heavy atom. The van der Waals surface area contributed by atoms with Gasteiger partial charge in [0.2, 0.25) is 5.91 Å². The van der Waals surface area contributed by atoms with Gasteiger partial charge in [0.1, 0.15) is 0 Å². The van der Waals surface area contributed by atoms with Gasteiger partial charge in [-0.15, -0.1) is 0 Å². The third kappa shape index (κ3) is 6.35. The van der Waals surface area contributed by atoms with Crippen molar-refractivity contribution in [1.82, 2.24) is 0 Å². The van der Waals surface area contributed by atoms with E-state index in [-0.39, 0.29) is 30.0 Å². The van der Waals surface area contributed by atoms with E-state index >= 15 is 0 Å². The van der Waals surface area contributed by atoms with Gasteiger partial charge in [-0.1, -0.05) is 39.8 Å². The van der Waals surface area contributed by atoms with Crippen molar-refractivity contribution in [3.63, 3.8) is 0 Å². The van der Waals surface area contributed by atoms with E-state index in [0.717, 1.165) is 0 Å². The highest BCUT2D eigenvalue weighted by molar-refractivity contribution is 5.96. The number of rotatable bonds is 6. The molecule has 0 aliphatic carbocycles. The fourth-order valence-corrected chi connectivity index (χ4v) is 1.56. The molecule has 0 aliphatic heterocycles. The molecule has 0 atom stereocenters. The lowest BCUT2D eigenvalue weighted by molar-refractivity contribution is -0.139. The summed E-state index contributed by atoms with van der Waals surface area (Å²) in [5, 5.41) is 2.78. The summed E-state index contributed by atoms with van der Waals surface area (Å²) < 4.78 is 5.05. The number of nitrogens with zero attached hydrogens (tertiary/aromatic N) is 1. The van der Waals surface area contributed by atoms with E-state index in [0.29, 0.717) is 11.3 Å². The zero-order valence-corrected chi connectivity index (χ0v) is 13.9. The molecule has 122 valence electrons. The number of hydrogen-bond acceptors (Lipinski definition) is 3. The number of carbonyl (C=O) groups excluding carboxylic acids is 2. The SMILES string of the molecule is [C-]#[N+]/C(=C\c1ccc(NC(=O)C(C)C)cc1)C(=O)OCC(C)C. The van der Waals surface area contributed by atoms with Crippen molar-refractivity contribution < 1.29 is 14.3 Å². The van der Waals surface area contributed by atoms with Gasteiger partial charge >= 0.3 is 5.97 Å². The van der Waals surface area contributed by atoms with E-state index in [1.807, 2.05) is 27.7 Å². The lowest BCUT2D eigenvalue weighted by Crippen LogP contribution is -2.17. The highest BCUT2D eigenvalue weighted by Crippen LogP contribution is 2.15. The van der Waals surface area contributed by atoms with Crippen LogP contribution in [0.2, 0.25) is 0 Å². The monoisotopic (exact) mass is 314 g/mol. The Morgan fingerprint density at radius 3 is 2.30 bits per heavy atom. The van der Waals surface area contributed by atoms with E-state index in [9.17, 15) is 9.59 Å². The minimum Gasteiger partial charge on any atom is -0.470 e. The average molecular weight is 314 g/mol. The van der Waals surface area contributed by atoms with Crippen LogP contribution in [0.5, 0.6) is 0 Å². The number of esters is 1. The van der Waals surface area contributed by atoms with Gasteiger partial charge in [-0.05, 0) is 29.7 Å². The summed E-state index contributed by atoms with van der Waals surface area (Å²) in [5.41, 5.74) is 1.30. The Labute approximate surface area is 137 Å². The topological polar surface area (TPSA) is 59.8 Å². The maximum absolute atomic E-state index is 11.8. The van der Waals surface area contributed by atoms with Crippen LogP contribution in [0.25, 0.3) is 10.9 Å². The van der Waals surface area contributed by atoms with Crippen LogP contribution in [-0.4, -0.2) is 18.5 Å². The van der Waals surface area contributed by atoms with Crippen LogP contribution in [0.15, 0.2) is 30.0 Å². The number of benzene rings is 1. The van der Waals surface area contributed by atoms with Gasteiger partial charge in [0.25, 0.3) is 5.70 Å². The molecule has 0 fully saturated rings. The van der Waals surface area contributed by atoms with Gasteiger partial charge in [0.15, 0.2) is 0 Å². The third-order valence-corrected chi connectivity index (χ3v) is 2.88. The molecule has 0 saturated heterocycles. The quantitative estimate of drug-likeness (QED) is 0.494. The molecular weight excluding hydrogens is 292 g/mol. The van der Waals surface area contributed by atoms with Gasteiger partial charge in [-0.3, -0.25) is 9.59 Å². The van der Waals surface area contributed by atoms with Crippen molar-refractivity contribution in [2.24, 2.45) is 11.8 Å². The fraction of sp³-hybridized carbons (Fsp3) is 0.389. The Bertz CT molecular complexity index is 623. The normalized spacial score (nSPS) is 11.3. The summed E-state index contributed by atoms with van der Waals surface area (Å²) in [6.45, 7) is 14.9. The number of anilines is 1. The first-order chi connectivity index (χ1) is 10.8. The first-order valence-electron chi connectivity index (χ1n) is 7.50. The third-order valence-electron chi connectivity index (χ3n) is 2.88. The largest absolute Gasteiger partial charge is 0.470 e. The van der Waals surface area contributed by atoms with Crippen LogP contribution in [0.1, 0.15) is 33.3 Å². The molecule has 5 heteroatoms. The van der Waals surface area contributed by atoms with Crippen molar-refractivity contribution in [3.8, 4) is 0 Å². The lowest BCUT2D eigenvalue weighted by atomic mass is 10.1. The molecule has 0 aromatic heterocycles. The zero-order chi connectivity index (χ0) is 17.4. The predicted octanol–water partition coefficient (Wildman–Crippen LogP) is 3.74. The van der Waals surface area contributed by atoms with Crippen LogP contribution >= 0.6 is 0 Å². The van der Waals surface area contributed by atoms with E-state index in [1.54, 1.807) is 24.3 Å². The molecule has 23 heavy (non-hydrogen) atoms. The molecule has 5 nitrogen and oxygen atoms in total. The summed E-state index contributed by atoms with van der Waals surface area (Å²) in [4.78, 5) is 26.6. The molecule has 0 bridgehead atoms. The molecule has 1 N–H and O–H groups in total. The molecule has 0 unspecified atom stereocenters. The molecule has 0 saturated carbocycles. The van der Waals surface area contributed by atoms with Gasteiger partial charge in [0.05, 0.1) is 13.2 Å². The van der Waals surface area contributed by atoms with Crippen molar-refractivity contribution in [1.29, 1.82) is 0 Å². The molecule has 1 amide bonds. The van der Waals surface area contributed by atoms with Crippen LogP contribution in [0.4, 0.5) is 5.69 Å². The zero-order valence-electron chi connectivity index (χ0n) is 13.9. The van der Waals surface area contributed by atoms with Crippen LogP contribution in [0.3, 0.4) is 0 Å². The number of ether oxygens (including phenoxy) is 1. The van der Waals surface area contributed by atoms with Crippen molar-refractivity contribution in [2.45, 2.75) is 27.7 Å². The number of carbonyl (C=O) groups is 2. The molecule has 0 aliphatic rings. The summed E-state index contributed by atoms with van der Waals surface area (Å²) in [7, 11) is 0. The molecule has 0 heterocycles. The first kappa shape index (κ1) is 18.4. The van der Waals surface area contributed by atoms with E-state index in [4.69, 9.17) is 11.3 Å². The average Bonchev–Trinajstić information content (AvgIpc) is 2.51. The smallest absolute Gasteiger partial charge is 0.336 e. The Hall–Kier alpha value is -2.61. The second-order valence-corrected chi connectivity index (χ2v) is 5.90. The summed E-state index contributed by atoms with van der Waals surface area (Å²) in [6.07, 6.45) is 1.48. The second-order valence-electron chi connectivity index (χ2n) is 5.90. The standard InChI is InChI=1S/C18H22N2O3/c1-12(2)11-23-18(22)16(19-5)10-14-6-8-15(9-7-14)20-17(21)13(3)4/h6-10,12-13H,11H2,1-4H3,(H,20,21)/b16-10-. The van der Waals surface area contributed by atoms with Gasteiger partial charge < -0.3 is 10.1 Å². The summed E-state index contributed by atoms with van der Waals surface area (Å²) >= 11 is 0. The van der Waals surface area contributed by atoms with E-state index in [1.165, 1.54) is 6.08 Å². The fourth-order valence-electron chi connectivity index (χ4n) is 1.56. The Kier molecular flexibility index (Phi) is 7.01. The van der Waals surface area contributed by atoms with Gasteiger partial charge in [0, 0.05) is 11.6 Å². The second kappa shape index (κ2) is 8.74. The van der Waals surface area contributed by atoms with Crippen molar-refractivity contribution in [3.05, 3.63) is 46.9 Å².